The van der Waals surface area contributed by atoms with Gasteiger partial charge in [-0.15, -0.1) is 0 Å². The lowest BCUT2D eigenvalue weighted by Crippen LogP contribution is -2.56. The van der Waals surface area contributed by atoms with Crippen molar-refractivity contribution in [3.05, 3.63) is 54.5 Å². The summed E-state index contributed by atoms with van der Waals surface area (Å²) < 4.78 is 5.57. The molecule has 1 aromatic carbocycles. The molecule has 25 heavy (non-hydrogen) atoms. The number of hydrogen-bond donors (Lipinski definition) is 2. The Bertz CT molecular complexity index is 674. The summed E-state index contributed by atoms with van der Waals surface area (Å²) in [6.07, 6.45) is 7.95. The molecule has 2 atom stereocenters. The Kier molecular flexibility index (Phi) is 5.04. The Hall–Kier alpha value is -1.85. The number of piperidine rings is 2. The summed E-state index contributed by atoms with van der Waals surface area (Å²) in [4.78, 5) is 2.65. The molecule has 2 saturated heterocycles. The number of anilines is 1. The highest BCUT2D eigenvalue weighted by Gasteiger charge is 2.38. The van der Waals surface area contributed by atoms with Crippen LogP contribution in [0, 0.1) is 0 Å². The lowest BCUT2D eigenvalue weighted by Gasteiger charge is -2.48. The Morgan fingerprint density at radius 2 is 1.84 bits per heavy atom. The van der Waals surface area contributed by atoms with Crippen molar-refractivity contribution in [3.8, 4) is 0 Å². The van der Waals surface area contributed by atoms with Gasteiger partial charge in [0.2, 0.25) is 0 Å². The Balaban J connectivity index is 1.35. The second kappa shape index (κ2) is 7.58. The molecular weight excluding hydrogens is 330 g/mol. The molecule has 132 valence electrons. The van der Waals surface area contributed by atoms with Gasteiger partial charge >= 0.3 is 0 Å². The maximum Gasteiger partial charge on any atom is 0.170 e. The maximum absolute atomic E-state index is 5.57. The van der Waals surface area contributed by atoms with Gasteiger partial charge in [-0.1, -0.05) is 24.6 Å². The second-order valence-corrected chi connectivity index (χ2v) is 7.53. The minimum absolute atomic E-state index is 0.451. The van der Waals surface area contributed by atoms with Crippen LogP contribution < -0.4 is 10.6 Å². The standard InChI is InChI=1S/C20H25N3OS/c25-20(21-15-6-2-1-3-7-15)22-16-12-17-8-4-9-18(13-16)23(17)14-19-10-5-11-24-19/h1-3,5-7,10-11,16-18H,4,8-9,12-14H2,(H2,21,22,25). The molecule has 2 aliphatic heterocycles. The number of benzene rings is 1. The molecule has 2 aromatic rings. The third-order valence-corrected chi connectivity index (χ3v) is 5.63. The van der Waals surface area contributed by atoms with E-state index in [0.717, 1.165) is 35.9 Å². The van der Waals surface area contributed by atoms with Crippen molar-refractivity contribution in [2.45, 2.75) is 56.8 Å². The lowest BCUT2D eigenvalue weighted by atomic mass is 9.81. The first kappa shape index (κ1) is 16.6. The van der Waals surface area contributed by atoms with E-state index in [4.69, 9.17) is 16.6 Å². The Morgan fingerprint density at radius 1 is 1.08 bits per heavy atom. The van der Waals surface area contributed by atoms with E-state index >= 15 is 0 Å². The SMILES string of the molecule is S=C(Nc1ccccc1)NC1CC2CCCC(C1)N2Cc1ccco1. The number of nitrogens with one attached hydrogen (secondary N) is 2. The molecule has 0 amide bonds. The van der Waals surface area contributed by atoms with Gasteiger partial charge in [-0.05, 0) is 62.2 Å². The van der Waals surface area contributed by atoms with Crippen LogP contribution in [0.1, 0.15) is 37.9 Å². The van der Waals surface area contributed by atoms with Gasteiger partial charge in [-0.2, -0.15) is 0 Å². The van der Waals surface area contributed by atoms with Gasteiger partial charge in [0.15, 0.2) is 5.11 Å². The van der Waals surface area contributed by atoms with Crippen molar-refractivity contribution in [2.24, 2.45) is 0 Å². The fourth-order valence-electron chi connectivity index (χ4n) is 4.31. The van der Waals surface area contributed by atoms with Gasteiger partial charge in [0.05, 0.1) is 12.8 Å². The molecule has 3 heterocycles. The molecule has 5 heteroatoms. The average Bonchev–Trinajstić information content (AvgIpc) is 3.09. The number of furan rings is 1. The monoisotopic (exact) mass is 355 g/mol. The van der Waals surface area contributed by atoms with Crippen molar-refractivity contribution in [3.63, 3.8) is 0 Å². The first-order valence-electron chi connectivity index (χ1n) is 9.18. The topological polar surface area (TPSA) is 40.4 Å². The van der Waals surface area contributed by atoms with Gasteiger partial charge in [0.1, 0.15) is 5.76 Å². The van der Waals surface area contributed by atoms with Crippen LogP contribution in [-0.2, 0) is 6.54 Å². The number of thiocarbonyl (C=S) groups is 1. The van der Waals surface area contributed by atoms with Gasteiger partial charge in [0, 0.05) is 23.8 Å². The zero-order chi connectivity index (χ0) is 17.1. The van der Waals surface area contributed by atoms with Gasteiger partial charge in [0.25, 0.3) is 0 Å². The number of rotatable bonds is 4. The van der Waals surface area contributed by atoms with Crippen molar-refractivity contribution in [1.29, 1.82) is 0 Å². The third kappa shape index (κ3) is 4.05. The van der Waals surface area contributed by atoms with Crippen LogP contribution in [0.3, 0.4) is 0 Å². The molecular formula is C20H25N3OS. The Morgan fingerprint density at radius 3 is 2.52 bits per heavy atom. The van der Waals surface area contributed by atoms with Crippen LogP contribution in [0.5, 0.6) is 0 Å². The lowest BCUT2D eigenvalue weighted by molar-refractivity contribution is 0.0161. The number of nitrogens with zero attached hydrogens (tertiary/aromatic N) is 1. The summed E-state index contributed by atoms with van der Waals surface area (Å²) in [6.45, 7) is 0.932. The predicted molar refractivity (Wildman–Crippen MR) is 104 cm³/mol. The molecule has 0 saturated carbocycles. The molecule has 4 rings (SSSR count). The second-order valence-electron chi connectivity index (χ2n) is 7.12. The van der Waals surface area contributed by atoms with Crippen molar-refractivity contribution >= 4 is 23.0 Å². The van der Waals surface area contributed by atoms with Crippen LogP contribution in [0.15, 0.2) is 53.1 Å². The highest BCUT2D eigenvalue weighted by molar-refractivity contribution is 7.80. The minimum Gasteiger partial charge on any atom is -0.468 e. The molecule has 2 N–H and O–H groups in total. The van der Waals surface area contributed by atoms with E-state index in [1.54, 1.807) is 6.26 Å². The molecule has 0 aliphatic carbocycles. The van der Waals surface area contributed by atoms with Crippen molar-refractivity contribution < 1.29 is 4.42 Å². The van der Waals surface area contributed by atoms with Crippen LogP contribution in [-0.4, -0.2) is 28.1 Å². The molecule has 4 nitrogen and oxygen atoms in total. The number of hydrogen-bond acceptors (Lipinski definition) is 3. The van der Waals surface area contributed by atoms with E-state index in [2.05, 4.69) is 21.6 Å². The van der Waals surface area contributed by atoms with E-state index in [0.29, 0.717) is 18.1 Å². The molecule has 2 fully saturated rings. The van der Waals surface area contributed by atoms with E-state index < -0.39 is 0 Å². The van der Waals surface area contributed by atoms with Gasteiger partial charge < -0.3 is 15.1 Å². The highest BCUT2D eigenvalue weighted by Crippen LogP contribution is 2.35. The number of para-hydroxylation sites is 1. The van der Waals surface area contributed by atoms with Crippen LogP contribution >= 0.6 is 12.2 Å². The van der Waals surface area contributed by atoms with Gasteiger partial charge in [-0.25, -0.2) is 0 Å². The fourth-order valence-corrected chi connectivity index (χ4v) is 4.60. The normalized spacial score (nSPS) is 26.2. The van der Waals surface area contributed by atoms with Crippen molar-refractivity contribution in [2.75, 3.05) is 5.32 Å². The van der Waals surface area contributed by atoms with E-state index in [9.17, 15) is 0 Å². The average molecular weight is 356 g/mol. The quantitative estimate of drug-likeness (QED) is 0.806. The van der Waals surface area contributed by atoms with E-state index in [1.165, 1.54) is 19.3 Å². The van der Waals surface area contributed by atoms with E-state index in [-0.39, 0.29) is 0 Å². The predicted octanol–water partition coefficient (Wildman–Crippen LogP) is 4.15. The largest absolute Gasteiger partial charge is 0.468 e. The summed E-state index contributed by atoms with van der Waals surface area (Å²) in [6, 6.07) is 15.9. The zero-order valence-electron chi connectivity index (χ0n) is 14.4. The first-order valence-corrected chi connectivity index (χ1v) is 9.59. The molecule has 2 bridgehead atoms. The first-order chi connectivity index (χ1) is 12.3. The fraction of sp³-hybridized carbons (Fsp3) is 0.450. The van der Waals surface area contributed by atoms with E-state index in [1.807, 2.05) is 36.4 Å². The molecule has 1 aromatic heterocycles. The summed E-state index contributed by atoms with van der Waals surface area (Å²) in [7, 11) is 0. The van der Waals surface area contributed by atoms with Crippen LogP contribution in [0.4, 0.5) is 5.69 Å². The van der Waals surface area contributed by atoms with Gasteiger partial charge in [-0.3, -0.25) is 4.90 Å². The summed E-state index contributed by atoms with van der Waals surface area (Å²) >= 11 is 5.52. The summed E-state index contributed by atoms with van der Waals surface area (Å²) in [5, 5.41) is 7.57. The zero-order valence-corrected chi connectivity index (χ0v) is 15.2. The Labute approximate surface area is 154 Å². The van der Waals surface area contributed by atoms with Crippen LogP contribution in [0.2, 0.25) is 0 Å². The van der Waals surface area contributed by atoms with Crippen molar-refractivity contribution in [1.82, 2.24) is 10.2 Å². The maximum atomic E-state index is 5.57. The smallest absolute Gasteiger partial charge is 0.170 e. The minimum atomic E-state index is 0.451. The third-order valence-electron chi connectivity index (χ3n) is 5.41. The van der Waals surface area contributed by atoms with Crippen LogP contribution in [0.25, 0.3) is 0 Å². The molecule has 2 unspecified atom stereocenters. The molecule has 2 aliphatic rings. The molecule has 0 radical (unpaired) electrons. The molecule has 0 spiro atoms. The summed E-state index contributed by atoms with van der Waals surface area (Å²) in [5.41, 5.74) is 1.04. The highest BCUT2D eigenvalue weighted by atomic mass is 32.1. The summed E-state index contributed by atoms with van der Waals surface area (Å²) in [5.74, 6) is 1.07. The number of fused-ring (bicyclic) bond motifs is 2.